The number of anilines is 1. The number of aliphatic hydroxyl groups excluding tert-OH is 1. The van der Waals surface area contributed by atoms with Crippen molar-refractivity contribution in [2.24, 2.45) is 5.92 Å². The molecule has 1 aliphatic rings. The highest BCUT2D eigenvalue weighted by atomic mass is 19.1. The second-order valence-corrected chi connectivity index (χ2v) is 6.04. The topological polar surface area (TPSA) is 75.3 Å². The number of benzene rings is 1. The van der Waals surface area contributed by atoms with Crippen LogP contribution in [0, 0.1) is 11.7 Å². The minimum absolute atomic E-state index is 0.199. The molecule has 1 aromatic carbocycles. The van der Waals surface area contributed by atoms with E-state index < -0.39 is 0 Å². The lowest BCUT2D eigenvalue weighted by molar-refractivity contribution is 0.115. The summed E-state index contributed by atoms with van der Waals surface area (Å²) in [6.07, 6.45) is 3.65. The lowest BCUT2D eigenvalue weighted by Gasteiger charge is -2.31. The molecule has 2 heterocycles. The van der Waals surface area contributed by atoms with Crippen molar-refractivity contribution >= 4 is 5.82 Å². The third-order valence-electron chi connectivity index (χ3n) is 4.24. The van der Waals surface area contributed by atoms with Gasteiger partial charge < -0.3 is 10.8 Å². The number of likely N-dealkylation sites (tertiary alicyclic amines) is 1. The van der Waals surface area contributed by atoms with E-state index in [2.05, 4.69) is 14.9 Å². The lowest BCUT2D eigenvalue weighted by Crippen LogP contribution is -2.36. The maximum atomic E-state index is 14.4. The summed E-state index contributed by atoms with van der Waals surface area (Å²) in [5.41, 5.74) is 6.91. The summed E-state index contributed by atoms with van der Waals surface area (Å²) in [4.78, 5) is 10.4. The van der Waals surface area contributed by atoms with Gasteiger partial charge in [-0.3, -0.25) is 4.90 Å². The fourth-order valence-corrected chi connectivity index (χ4v) is 3.01. The second-order valence-electron chi connectivity index (χ2n) is 6.04. The molecule has 0 spiro atoms. The summed E-state index contributed by atoms with van der Waals surface area (Å²) in [5.74, 6) is 0.822. The average Bonchev–Trinajstić information content (AvgIpc) is 2.57. The van der Waals surface area contributed by atoms with Gasteiger partial charge in [-0.2, -0.15) is 0 Å². The van der Waals surface area contributed by atoms with Crippen molar-refractivity contribution in [1.82, 2.24) is 14.9 Å². The van der Waals surface area contributed by atoms with E-state index in [1.165, 1.54) is 6.07 Å². The van der Waals surface area contributed by atoms with Gasteiger partial charge in [0.2, 0.25) is 0 Å². The van der Waals surface area contributed by atoms with Gasteiger partial charge in [-0.15, -0.1) is 0 Å². The van der Waals surface area contributed by atoms with Crippen LogP contribution in [-0.4, -0.2) is 39.7 Å². The molecular weight excluding hydrogens is 295 g/mol. The van der Waals surface area contributed by atoms with Crippen LogP contribution in [0.25, 0.3) is 11.4 Å². The van der Waals surface area contributed by atoms with Gasteiger partial charge in [0.25, 0.3) is 0 Å². The molecule has 1 unspecified atom stereocenters. The Morgan fingerprint density at radius 2 is 2.22 bits per heavy atom. The second kappa shape index (κ2) is 7.02. The Balaban J connectivity index is 1.74. The zero-order valence-electron chi connectivity index (χ0n) is 13.0. The first-order valence-electron chi connectivity index (χ1n) is 7.86. The van der Waals surface area contributed by atoms with Crippen LogP contribution < -0.4 is 5.73 Å². The number of nitrogens with zero attached hydrogens (tertiary/aromatic N) is 3. The van der Waals surface area contributed by atoms with Gasteiger partial charge in [0, 0.05) is 37.0 Å². The van der Waals surface area contributed by atoms with Crippen molar-refractivity contribution in [3.8, 4) is 11.4 Å². The summed E-state index contributed by atoms with van der Waals surface area (Å²) in [6.45, 7) is 2.51. The number of rotatable bonds is 4. The predicted octanol–water partition coefficient (Wildman–Crippen LogP) is 2.07. The number of hydrogen-bond donors (Lipinski definition) is 2. The molecule has 2 aromatic rings. The van der Waals surface area contributed by atoms with Crippen molar-refractivity contribution < 1.29 is 9.50 Å². The number of halogens is 1. The van der Waals surface area contributed by atoms with Crippen molar-refractivity contribution in [2.45, 2.75) is 19.4 Å². The van der Waals surface area contributed by atoms with Crippen molar-refractivity contribution in [2.75, 3.05) is 25.4 Å². The van der Waals surface area contributed by atoms with Crippen LogP contribution >= 0.6 is 0 Å². The molecule has 3 N–H and O–H groups in total. The summed E-state index contributed by atoms with van der Waals surface area (Å²) >= 11 is 0. The number of nitrogens with two attached hydrogens (primary N) is 1. The van der Waals surface area contributed by atoms with Gasteiger partial charge in [-0.25, -0.2) is 14.4 Å². The Labute approximate surface area is 135 Å². The quantitative estimate of drug-likeness (QED) is 0.903. The van der Waals surface area contributed by atoms with Crippen LogP contribution in [0.2, 0.25) is 0 Å². The van der Waals surface area contributed by atoms with E-state index in [4.69, 9.17) is 5.73 Å². The van der Waals surface area contributed by atoms with E-state index in [1.807, 2.05) is 6.07 Å². The first-order chi connectivity index (χ1) is 11.2. The molecule has 5 nitrogen and oxygen atoms in total. The summed E-state index contributed by atoms with van der Waals surface area (Å²) < 4.78 is 14.4. The third-order valence-corrected chi connectivity index (χ3v) is 4.24. The molecule has 0 amide bonds. The maximum absolute atomic E-state index is 14.4. The zero-order valence-corrected chi connectivity index (χ0v) is 13.0. The molecule has 1 atom stereocenters. The van der Waals surface area contributed by atoms with Gasteiger partial charge >= 0.3 is 0 Å². The smallest absolute Gasteiger partial charge is 0.161 e. The van der Waals surface area contributed by atoms with Crippen molar-refractivity contribution in [1.29, 1.82) is 0 Å². The maximum Gasteiger partial charge on any atom is 0.161 e. The normalized spacial score (nSPS) is 19.0. The summed E-state index contributed by atoms with van der Waals surface area (Å²) in [7, 11) is 0. The van der Waals surface area contributed by atoms with Gasteiger partial charge in [-0.05, 0) is 37.4 Å². The molecule has 1 saturated heterocycles. The Morgan fingerprint density at radius 1 is 1.35 bits per heavy atom. The van der Waals surface area contributed by atoms with E-state index in [9.17, 15) is 9.50 Å². The number of hydrogen-bond acceptors (Lipinski definition) is 5. The molecule has 1 fully saturated rings. The monoisotopic (exact) mass is 316 g/mol. The van der Waals surface area contributed by atoms with Crippen LogP contribution in [0.4, 0.5) is 10.2 Å². The van der Waals surface area contributed by atoms with Crippen molar-refractivity contribution in [3.63, 3.8) is 0 Å². The third kappa shape index (κ3) is 3.83. The molecule has 0 saturated carbocycles. The molecule has 1 aromatic heterocycles. The highest BCUT2D eigenvalue weighted by molar-refractivity contribution is 5.57. The summed E-state index contributed by atoms with van der Waals surface area (Å²) in [6, 6.07) is 6.65. The molecule has 122 valence electrons. The molecule has 0 bridgehead atoms. The SMILES string of the molecule is Nc1ccnc(-c2ccc(CN3CCCC(CO)C3)c(F)c2)n1. The number of piperidine rings is 1. The standard InChI is InChI=1S/C17H21FN4O/c18-15-8-13(17-20-6-5-16(19)21-17)3-4-14(15)10-22-7-1-2-12(9-22)11-23/h3-6,8,12,23H,1-2,7,9-11H2,(H2,19,20,21). The number of nitrogen functional groups attached to an aromatic ring is 1. The van der Waals surface area contributed by atoms with E-state index >= 15 is 0 Å². The fourth-order valence-electron chi connectivity index (χ4n) is 3.01. The molecule has 1 aliphatic heterocycles. The summed E-state index contributed by atoms with van der Waals surface area (Å²) in [5, 5.41) is 9.29. The van der Waals surface area contributed by atoms with E-state index in [0.717, 1.165) is 25.9 Å². The largest absolute Gasteiger partial charge is 0.396 e. The van der Waals surface area contributed by atoms with Crippen molar-refractivity contribution in [3.05, 3.63) is 41.8 Å². The minimum Gasteiger partial charge on any atom is -0.396 e. The predicted molar refractivity (Wildman–Crippen MR) is 86.9 cm³/mol. The Hall–Kier alpha value is -2.05. The fraction of sp³-hybridized carbons (Fsp3) is 0.412. The van der Waals surface area contributed by atoms with E-state index in [-0.39, 0.29) is 12.4 Å². The first-order valence-corrected chi connectivity index (χ1v) is 7.86. The highest BCUT2D eigenvalue weighted by Gasteiger charge is 2.20. The van der Waals surface area contributed by atoms with Gasteiger partial charge in [0.05, 0.1) is 0 Å². The zero-order chi connectivity index (χ0) is 16.2. The van der Waals surface area contributed by atoms with Crippen LogP contribution in [-0.2, 0) is 6.54 Å². The van der Waals surface area contributed by atoms with Crippen LogP contribution in [0.3, 0.4) is 0 Å². The lowest BCUT2D eigenvalue weighted by atomic mass is 9.98. The van der Waals surface area contributed by atoms with E-state index in [0.29, 0.717) is 35.2 Å². The molecule has 0 aliphatic carbocycles. The van der Waals surface area contributed by atoms with Crippen LogP contribution in [0.5, 0.6) is 0 Å². The number of aromatic nitrogens is 2. The average molecular weight is 316 g/mol. The molecule has 6 heteroatoms. The molecule has 0 radical (unpaired) electrons. The minimum atomic E-state index is -0.264. The highest BCUT2D eigenvalue weighted by Crippen LogP contribution is 2.22. The van der Waals surface area contributed by atoms with Crippen LogP contribution in [0.1, 0.15) is 18.4 Å². The Kier molecular flexibility index (Phi) is 4.83. The molecule has 23 heavy (non-hydrogen) atoms. The van der Waals surface area contributed by atoms with Gasteiger partial charge in [0.15, 0.2) is 5.82 Å². The van der Waals surface area contributed by atoms with Gasteiger partial charge in [-0.1, -0.05) is 12.1 Å². The van der Waals surface area contributed by atoms with E-state index in [1.54, 1.807) is 18.3 Å². The van der Waals surface area contributed by atoms with Gasteiger partial charge in [0.1, 0.15) is 11.6 Å². The first kappa shape index (κ1) is 15.8. The van der Waals surface area contributed by atoms with Crippen LogP contribution in [0.15, 0.2) is 30.5 Å². The number of aliphatic hydroxyl groups is 1. The Bertz CT molecular complexity index is 679. The molecular formula is C17H21FN4O. The Morgan fingerprint density at radius 3 is 2.96 bits per heavy atom. The molecule has 3 rings (SSSR count).